The van der Waals surface area contributed by atoms with Crippen LogP contribution < -0.4 is 10.6 Å². The van der Waals surface area contributed by atoms with Gasteiger partial charge in [-0.3, -0.25) is 14.4 Å². The fraction of sp³-hybridized carbons (Fsp3) is 0.462. The highest BCUT2D eigenvalue weighted by Gasteiger charge is 2.14. The summed E-state index contributed by atoms with van der Waals surface area (Å²) in [6.07, 6.45) is -0.792. The van der Waals surface area contributed by atoms with Crippen molar-refractivity contribution in [1.29, 1.82) is 0 Å². The molecule has 116 valence electrons. The van der Waals surface area contributed by atoms with Crippen LogP contribution in [-0.2, 0) is 14.3 Å². The number of carboxylic acids is 1. The quantitative estimate of drug-likeness (QED) is 0.644. The van der Waals surface area contributed by atoms with Crippen LogP contribution in [0.4, 0.5) is 0 Å². The molecule has 21 heavy (non-hydrogen) atoms. The molecule has 0 aliphatic carbocycles. The van der Waals surface area contributed by atoms with E-state index in [0.717, 1.165) is 4.88 Å². The minimum atomic E-state index is -1.00. The third-order valence-corrected chi connectivity index (χ3v) is 3.64. The first-order valence-electron chi connectivity index (χ1n) is 6.28. The molecule has 0 aliphatic rings. The lowest BCUT2D eigenvalue weighted by molar-refractivity contribution is -0.140. The lowest BCUT2D eigenvalue weighted by Crippen LogP contribution is -2.40. The van der Waals surface area contributed by atoms with Gasteiger partial charge >= 0.3 is 5.97 Å². The molecule has 0 saturated carbocycles. The Morgan fingerprint density at radius 1 is 1.33 bits per heavy atom. The number of carboxylic acid groups (broad SMARTS) is 1. The van der Waals surface area contributed by atoms with E-state index < -0.39 is 18.0 Å². The summed E-state index contributed by atoms with van der Waals surface area (Å²) in [5.41, 5.74) is 0. The molecule has 0 aliphatic heterocycles. The van der Waals surface area contributed by atoms with E-state index in [1.165, 1.54) is 18.4 Å². The number of thiophene rings is 1. The first-order chi connectivity index (χ1) is 9.92. The van der Waals surface area contributed by atoms with Crippen molar-refractivity contribution in [3.63, 3.8) is 0 Å². The molecule has 0 saturated heterocycles. The lowest BCUT2D eigenvalue weighted by atomic mass is 10.2. The van der Waals surface area contributed by atoms with E-state index in [4.69, 9.17) is 9.84 Å². The third kappa shape index (κ3) is 6.37. The van der Waals surface area contributed by atoms with Crippen molar-refractivity contribution < 1.29 is 24.2 Å². The number of methoxy groups -OCH3 is 1. The molecule has 0 bridgehead atoms. The number of carbonyl (C=O) groups is 3. The molecule has 0 fully saturated rings. The van der Waals surface area contributed by atoms with Crippen molar-refractivity contribution >= 4 is 29.1 Å². The summed E-state index contributed by atoms with van der Waals surface area (Å²) in [6, 6.07) is 3.52. The van der Waals surface area contributed by atoms with Crippen LogP contribution in [-0.4, -0.2) is 49.2 Å². The maximum atomic E-state index is 11.7. The Bertz CT molecular complexity index is 514. The average molecular weight is 314 g/mol. The summed E-state index contributed by atoms with van der Waals surface area (Å²) in [4.78, 5) is 35.4. The molecule has 0 radical (unpaired) electrons. The van der Waals surface area contributed by atoms with E-state index in [0.29, 0.717) is 4.88 Å². The van der Waals surface area contributed by atoms with Crippen LogP contribution in [0.5, 0.6) is 0 Å². The number of amides is 2. The van der Waals surface area contributed by atoms with E-state index in [1.54, 1.807) is 6.07 Å². The molecule has 2 amide bonds. The second kappa shape index (κ2) is 8.38. The van der Waals surface area contributed by atoms with Gasteiger partial charge < -0.3 is 20.5 Å². The zero-order valence-electron chi connectivity index (χ0n) is 11.8. The van der Waals surface area contributed by atoms with E-state index in [9.17, 15) is 14.4 Å². The molecular formula is C13H18N2O5S. The molecular weight excluding hydrogens is 296 g/mol. The smallest absolute Gasteiger partial charge is 0.306 e. The van der Waals surface area contributed by atoms with E-state index in [2.05, 4.69) is 10.6 Å². The van der Waals surface area contributed by atoms with Crippen molar-refractivity contribution in [3.8, 4) is 0 Å². The van der Waals surface area contributed by atoms with Gasteiger partial charge in [0.1, 0.15) is 0 Å². The number of hydrogen-bond donors (Lipinski definition) is 3. The summed E-state index contributed by atoms with van der Waals surface area (Å²) >= 11 is 1.35. The van der Waals surface area contributed by atoms with Crippen LogP contribution in [0, 0.1) is 6.92 Å². The predicted octanol–water partition coefficient (Wildman–Crippen LogP) is 0.392. The van der Waals surface area contributed by atoms with Gasteiger partial charge in [0.2, 0.25) is 5.91 Å². The second-order valence-corrected chi connectivity index (χ2v) is 5.64. The highest BCUT2D eigenvalue weighted by Crippen LogP contribution is 2.14. The molecule has 3 N–H and O–H groups in total. The molecule has 8 heteroatoms. The molecule has 1 aromatic rings. The predicted molar refractivity (Wildman–Crippen MR) is 77.4 cm³/mol. The van der Waals surface area contributed by atoms with Gasteiger partial charge in [-0.05, 0) is 19.1 Å². The first kappa shape index (κ1) is 17.1. The number of rotatable bonds is 8. The molecule has 1 rings (SSSR count). The minimum Gasteiger partial charge on any atom is -0.481 e. The molecule has 0 spiro atoms. The van der Waals surface area contributed by atoms with Crippen LogP contribution in [0.25, 0.3) is 0 Å². The van der Waals surface area contributed by atoms with Crippen molar-refractivity contribution in [1.82, 2.24) is 10.6 Å². The highest BCUT2D eigenvalue weighted by atomic mass is 32.1. The summed E-state index contributed by atoms with van der Waals surface area (Å²) in [5.74, 6) is -1.71. The van der Waals surface area contributed by atoms with Gasteiger partial charge in [-0.25, -0.2) is 0 Å². The van der Waals surface area contributed by atoms with Gasteiger partial charge in [0, 0.05) is 18.5 Å². The van der Waals surface area contributed by atoms with Gasteiger partial charge in [-0.15, -0.1) is 11.3 Å². The van der Waals surface area contributed by atoms with Crippen molar-refractivity contribution in [3.05, 3.63) is 21.9 Å². The maximum Gasteiger partial charge on any atom is 0.306 e. The van der Waals surface area contributed by atoms with Crippen LogP contribution in [0.1, 0.15) is 21.0 Å². The van der Waals surface area contributed by atoms with Crippen LogP contribution in [0.2, 0.25) is 0 Å². The number of nitrogens with one attached hydrogen (secondary N) is 2. The Hall–Kier alpha value is -1.93. The van der Waals surface area contributed by atoms with Crippen molar-refractivity contribution in [2.75, 3.05) is 20.2 Å². The van der Waals surface area contributed by atoms with Crippen LogP contribution in [0.3, 0.4) is 0 Å². The van der Waals surface area contributed by atoms with Gasteiger partial charge in [0.15, 0.2) is 0 Å². The van der Waals surface area contributed by atoms with E-state index in [-0.39, 0.29) is 25.4 Å². The van der Waals surface area contributed by atoms with Gasteiger partial charge in [-0.2, -0.15) is 0 Å². The monoisotopic (exact) mass is 314 g/mol. The zero-order valence-corrected chi connectivity index (χ0v) is 12.7. The van der Waals surface area contributed by atoms with Crippen molar-refractivity contribution in [2.24, 2.45) is 0 Å². The van der Waals surface area contributed by atoms with E-state index >= 15 is 0 Å². The second-order valence-electron chi connectivity index (χ2n) is 4.35. The Morgan fingerprint density at radius 2 is 2.05 bits per heavy atom. The number of carbonyl (C=O) groups excluding carboxylic acids is 2. The minimum absolute atomic E-state index is 0.0790. The highest BCUT2D eigenvalue weighted by molar-refractivity contribution is 7.13. The van der Waals surface area contributed by atoms with Gasteiger partial charge in [-0.1, -0.05) is 0 Å². The molecule has 0 aromatic carbocycles. The standard InChI is InChI=1S/C13H18N2O5S/c1-8-3-4-10(21-8)13(19)15-7-11(16)14-6-9(20-2)5-12(17)18/h3-4,9H,5-7H2,1-2H3,(H,14,16)(H,15,19)(H,17,18). The number of hydrogen-bond acceptors (Lipinski definition) is 5. The van der Waals surface area contributed by atoms with Crippen LogP contribution >= 0.6 is 11.3 Å². The first-order valence-corrected chi connectivity index (χ1v) is 7.10. The molecule has 1 atom stereocenters. The van der Waals surface area contributed by atoms with E-state index in [1.807, 2.05) is 13.0 Å². The molecule has 7 nitrogen and oxygen atoms in total. The Balaban J connectivity index is 2.30. The Labute approximate surface area is 126 Å². The van der Waals surface area contributed by atoms with Crippen molar-refractivity contribution in [2.45, 2.75) is 19.4 Å². The summed E-state index contributed by atoms with van der Waals surface area (Å²) in [5, 5.41) is 13.6. The van der Waals surface area contributed by atoms with Crippen LogP contribution in [0.15, 0.2) is 12.1 Å². The Kier molecular flexibility index (Phi) is 6.83. The summed E-state index contributed by atoms with van der Waals surface area (Å²) < 4.78 is 4.93. The fourth-order valence-corrected chi connectivity index (χ4v) is 2.31. The molecule has 1 unspecified atom stereocenters. The Morgan fingerprint density at radius 3 is 2.57 bits per heavy atom. The lowest BCUT2D eigenvalue weighted by Gasteiger charge is -2.14. The summed E-state index contributed by atoms with van der Waals surface area (Å²) in [7, 11) is 1.38. The average Bonchev–Trinajstić information content (AvgIpc) is 2.87. The number of aryl methyl sites for hydroxylation is 1. The van der Waals surface area contributed by atoms with Gasteiger partial charge in [0.25, 0.3) is 5.91 Å². The zero-order chi connectivity index (χ0) is 15.8. The fourth-order valence-electron chi connectivity index (χ4n) is 1.53. The third-order valence-electron chi connectivity index (χ3n) is 2.64. The van der Waals surface area contributed by atoms with Gasteiger partial charge in [0.05, 0.1) is 23.9 Å². The summed E-state index contributed by atoms with van der Waals surface area (Å²) in [6.45, 7) is 1.80. The maximum absolute atomic E-state index is 11.7. The molecule has 1 aromatic heterocycles. The topological polar surface area (TPSA) is 105 Å². The number of ether oxygens (including phenoxy) is 1. The normalized spacial score (nSPS) is 11.7. The SMILES string of the molecule is COC(CNC(=O)CNC(=O)c1ccc(C)s1)CC(=O)O. The number of aliphatic carboxylic acids is 1. The largest absolute Gasteiger partial charge is 0.481 e. The molecule has 1 heterocycles.